The fourth-order valence-electron chi connectivity index (χ4n) is 1.92. The first-order valence-corrected chi connectivity index (χ1v) is 6.65. The summed E-state index contributed by atoms with van der Waals surface area (Å²) in [4.78, 5) is 15.6. The van der Waals surface area contributed by atoms with Crippen LogP contribution in [0.25, 0.3) is 0 Å². The predicted molar refractivity (Wildman–Crippen MR) is 72.6 cm³/mol. The SMILES string of the molecule is C[C@H](NC(=O)CCn1cncn1)c1ccc(C(F)(F)F)cc1. The normalized spacial score (nSPS) is 12.9. The zero-order valence-corrected chi connectivity index (χ0v) is 11.8. The maximum absolute atomic E-state index is 12.5. The van der Waals surface area contributed by atoms with Crippen molar-refractivity contribution >= 4 is 5.91 Å². The minimum Gasteiger partial charge on any atom is -0.350 e. The van der Waals surface area contributed by atoms with Gasteiger partial charge in [0.15, 0.2) is 0 Å². The van der Waals surface area contributed by atoms with Gasteiger partial charge in [-0.15, -0.1) is 0 Å². The highest BCUT2D eigenvalue weighted by molar-refractivity contribution is 5.76. The fraction of sp³-hybridized carbons (Fsp3) is 0.357. The van der Waals surface area contributed by atoms with Crippen LogP contribution in [-0.2, 0) is 17.5 Å². The molecule has 0 aliphatic heterocycles. The number of carbonyl (C=O) groups is 1. The number of rotatable bonds is 5. The van der Waals surface area contributed by atoms with Gasteiger partial charge in [-0.25, -0.2) is 4.98 Å². The Morgan fingerprint density at radius 3 is 2.55 bits per heavy atom. The molecule has 118 valence electrons. The standard InChI is InChI=1S/C14H15F3N4O/c1-10(11-2-4-12(5-3-11)14(15,16)17)20-13(22)6-7-21-9-18-8-19-21/h2-5,8-10H,6-7H2,1H3,(H,20,22)/t10-/m0/s1. The molecule has 8 heteroatoms. The van der Waals surface area contributed by atoms with Crippen molar-refractivity contribution in [3.63, 3.8) is 0 Å². The lowest BCUT2D eigenvalue weighted by Gasteiger charge is -2.15. The number of hydrogen-bond acceptors (Lipinski definition) is 3. The van der Waals surface area contributed by atoms with Crippen LogP contribution in [0.2, 0.25) is 0 Å². The lowest BCUT2D eigenvalue weighted by atomic mass is 10.1. The molecule has 0 bridgehead atoms. The molecule has 0 fully saturated rings. The summed E-state index contributed by atoms with van der Waals surface area (Å²) < 4.78 is 39.0. The van der Waals surface area contributed by atoms with Crippen molar-refractivity contribution in [2.45, 2.75) is 32.1 Å². The molecule has 1 aromatic heterocycles. The summed E-state index contributed by atoms with van der Waals surface area (Å²) >= 11 is 0. The molecule has 2 aromatic rings. The lowest BCUT2D eigenvalue weighted by Crippen LogP contribution is -2.27. The molecule has 5 nitrogen and oxygen atoms in total. The highest BCUT2D eigenvalue weighted by Gasteiger charge is 2.30. The molecular formula is C14H15F3N4O. The number of benzene rings is 1. The van der Waals surface area contributed by atoms with Gasteiger partial charge >= 0.3 is 6.18 Å². The Balaban J connectivity index is 1.88. The van der Waals surface area contributed by atoms with Crippen molar-refractivity contribution in [3.05, 3.63) is 48.0 Å². The quantitative estimate of drug-likeness (QED) is 0.923. The Kier molecular flexibility index (Phi) is 4.79. The van der Waals surface area contributed by atoms with Crippen LogP contribution in [0.3, 0.4) is 0 Å². The van der Waals surface area contributed by atoms with Crippen molar-refractivity contribution in [2.24, 2.45) is 0 Å². The van der Waals surface area contributed by atoms with Crippen molar-refractivity contribution in [1.82, 2.24) is 20.1 Å². The third-order valence-electron chi connectivity index (χ3n) is 3.15. The van der Waals surface area contributed by atoms with Crippen LogP contribution >= 0.6 is 0 Å². The summed E-state index contributed by atoms with van der Waals surface area (Å²) in [5.74, 6) is -0.206. The third kappa shape index (κ3) is 4.31. The van der Waals surface area contributed by atoms with E-state index in [1.54, 1.807) is 6.92 Å². The fourth-order valence-corrected chi connectivity index (χ4v) is 1.92. The number of aryl methyl sites for hydroxylation is 1. The van der Waals surface area contributed by atoms with Crippen LogP contribution in [0.1, 0.15) is 30.5 Å². The van der Waals surface area contributed by atoms with E-state index in [4.69, 9.17) is 0 Å². The summed E-state index contributed by atoms with van der Waals surface area (Å²) in [6, 6.07) is 4.38. The largest absolute Gasteiger partial charge is 0.416 e. The minimum atomic E-state index is -4.36. The molecule has 0 radical (unpaired) electrons. The molecule has 1 atom stereocenters. The average molecular weight is 312 g/mol. The van der Waals surface area contributed by atoms with Gasteiger partial charge in [-0.3, -0.25) is 9.48 Å². The summed E-state index contributed by atoms with van der Waals surface area (Å²) in [5.41, 5.74) is -0.0944. The number of hydrogen-bond donors (Lipinski definition) is 1. The van der Waals surface area contributed by atoms with E-state index in [9.17, 15) is 18.0 Å². The van der Waals surface area contributed by atoms with Crippen LogP contribution in [0.4, 0.5) is 13.2 Å². The third-order valence-corrected chi connectivity index (χ3v) is 3.15. The minimum absolute atomic E-state index is 0.206. The van der Waals surface area contributed by atoms with Crippen LogP contribution in [0.5, 0.6) is 0 Å². The van der Waals surface area contributed by atoms with Gasteiger partial charge in [0.05, 0.1) is 18.2 Å². The number of amides is 1. The molecule has 0 aliphatic rings. The van der Waals surface area contributed by atoms with Gasteiger partial charge < -0.3 is 5.32 Å². The molecule has 1 amide bonds. The molecule has 0 saturated carbocycles. The maximum atomic E-state index is 12.5. The van der Waals surface area contributed by atoms with E-state index in [0.717, 1.165) is 12.1 Å². The number of carbonyl (C=O) groups excluding carboxylic acids is 1. The Labute approximate surface area is 125 Å². The van der Waals surface area contributed by atoms with Gasteiger partial charge in [-0.2, -0.15) is 18.3 Å². The molecule has 0 saturated heterocycles. The van der Waals surface area contributed by atoms with E-state index in [1.807, 2.05) is 0 Å². The number of nitrogens with zero attached hydrogens (tertiary/aromatic N) is 3. The number of aromatic nitrogens is 3. The highest BCUT2D eigenvalue weighted by Crippen LogP contribution is 2.29. The van der Waals surface area contributed by atoms with E-state index in [2.05, 4.69) is 15.4 Å². The van der Waals surface area contributed by atoms with Gasteiger partial charge in [0, 0.05) is 6.42 Å². The van der Waals surface area contributed by atoms with Gasteiger partial charge in [0.25, 0.3) is 0 Å². The second-order valence-electron chi connectivity index (χ2n) is 4.82. The zero-order valence-electron chi connectivity index (χ0n) is 11.8. The van der Waals surface area contributed by atoms with E-state index < -0.39 is 11.7 Å². The average Bonchev–Trinajstić information content (AvgIpc) is 2.97. The molecule has 0 aliphatic carbocycles. The van der Waals surface area contributed by atoms with Gasteiger partial charge in [0.1, 0.15) is 12.7 Å². The maximum Gasteiger partial charge on any atom is 0.416 e. The van der Waals surface area contributed by atoms with E-state index >= 15 is 0 Å². The topological polar surface area (TPSA) is 59.8 Å². The summed E-state index contributed by atoms with van der Waals surface area (Å²) in [7, 11) is 0. The van der Waals surface area contributed by atoms with E-state index in [1.165, 1.54) is 29.5 Å². The molecule has 1 N–H and O–H groups in total. The first-order valence-electron chi connectivity index (χ1n) is 6.65. The lowest BCUT2D eigenvalue weighted by molar-refractivity contribution is -0.137. The first kappa shape index (κ1) is 16.0. The van der Waals surface area contributed by atoms with Crippen molar-refractivity contribution < 1.29 is 18.0 Å². The predicted octanol–water partition coefficient (Wildman–Crippen LogP) is 2.56. The van der Waals surface area contributed by atoms with Gasteiger partial charge in [-0.05, 0) is 24.6 Å². The highest BCUT2D eigenvalue weighted by atomic mass is 19.4. The Hall–Kier alpha value is -2.38. The second kappa shape index (κ2) is 6.59. The van der Waals surface area contributed by atoms with Crippen LogP contribution < -0.4 is 5.32 Å². The summed E-state index contributed by atoms with van der Waals surface area (Å²) in [5, 5.41) is 6.61. The van der Waals surface area contributed by atoms with E-state index in [0.29, 0.717) is 12.1 Å². The number of halogens is 3. The smallest absolute Gasteiger partial charge is 0.350 e. The first-order chi connectivity index (χ1) is 10.4. The van der Waals surface area contributed by atoms with Crippen LogP contribution in [-0.4, -0.2) is 20.7 Å². The van der Waals surface area contributed by atoms with Crippen molar-refractivity contribution in [1.29, 1.82) is 0 Å². The molecule has 22 heavy (non-hydrogen) atoms. The van der Waals surface area contributed by atoms with Crippen LogP contribution in [0.15, 0.2) is 36.9 Å². The molecule has 1 heterocycles. The monoisotopic (exact) mass is 312 g/mol. The second-order valence-corrected chi connectivity index (χ2v) is 4.82. The molecule has 0 spiro atoms. The van der Waals surface area contributed by atoms with Gasteiger partial charge in [0.2, 0.25) is 5.91 Å². The Morgan fingerprint density at radius 2 is 2.00 bits per heavy atom. The molecular weight excluding hydrogens is 297 g/mol. The molecule has 1 aromatic carbocycles. The number of nitrogens with one attached hydrogen (secondary N) is 1. The molecule has 2 rings (SSSR count). The van der Waals surface area contributed by atoms with Crippen molar-refractivity contribution in [2.75, 3.05) is 0 Å². The van der Waals surface area contributed by atoms with Gasteiger partial charge in [-0.1, -0.05) is 12.1 Å². The Morgan fingerprint density at radius 1 is 1.32 bits per heavy atom. The summed E-state index contributed by atoms with van der Waals surface area (Å²) in [6.07, 6.45) is -1.26. The molecule has 0 unspecified atom stereocenters. The van der Waals surface area contributed by atoms with Crippen LogP contribution in [0, 0.1) is 0 Å². The van der Waals surface area contributed by atoms with E-state index in [-0.39, 0.29) is 18.4 Å². The Bertz CT molecular complexity index is 608. The number of alkyl halides is 3. The summed E-state index contributed by atoms with van der Waals surface area (Å²) in [6.45, 7) is 2.11. The van der Waals surface area contributed by atoms with Crippen molar-refractivity contribution in [3.8, 4) is 0 Å². The zero-order chi connectivity index (χ0) is 16.2.